The van der Waals surface area contributed by atoms with E-state index in [4.69, 9.17) is 5.73 Å². The van der Waals surface area contributed by atoms with Gasteiger partial charge in [-0.2, -0.15) is 0 Å². The lowest BCUT2D eigenvalue weighted by Gasteiger charge is -2.18. The van der Waals surface area contributed by atoms with Gasteiger partial charge in [0.2, 0.25) is 5.91 Å². The summed E-state index contributed by atoms with van der Waals surface area (Å²) in [4.78, 5) is 23.2. The molecule has 0 aliphatic carbocycles. The number of likely N-dealkylation sites (N-methyl/N-ethyl adjacent to an activating group) is 1. The topological polar surface area (TPSA) is 75.4 Å². The van der Waals surface area contributed by atoms with Gasteiger partial charge in [0.05, 0.1) is 0 Å². The number of nitrogens with one attached hydrogen (secondary N) is 1. The van der Waals surface area contributed by atoms with Crippen LogP contribution in [0.1, 0.15) is 20.8 Å². The van der Waals surface area contributed by atoms with Crippen LogP contribution in [0.3, 0.4) is 0 Å². The fraction of sp³-hybridized carbons (Fsp3) is 0.750. The van der Waals surface area contributed by atoms with E-state index >= 15 is 0 Å². The Morgan fingerprint density at radius 2 is 2.00 bits per heavy atom. The van der Waals surface area contributed by atoms with Gasteiger partial charge in [0, 0.05) is 12.6 Å². The first-order valence-electron chi connectivity index (χ1n) is 4.31. The number of rotatable bonds is 4. The van der Waals surface area contributed by atoms with Crippen LogP contribution in [0.4, 0.5) is 4.79 Å². The van der Waals surface area contributed by atoms with Crippen LogP contribution in [0, 0.1) is 0 Å². The molecule has 0 aliphatic heterocycles. The molecule has 0 saturated heterocycles. The van der Waals surface area contributed by atoms with E-state index in [1.54, 1.807) is 6.92 Å². The number of nitrogens with zero attached hydrogens (tertiary/aromatic N) is 1. The van der Waals surface area contributed by atoms with E-state index in [0.29, 0.717) is 6.54 Å². The Balaban J connectivity index is 3.94. The molecule has 13 heavy (non-hydrogen) atoms. The molecule has 0 atom stereocenters. The summed E-state index contributed by atoms with van der Waals surface area (Å²) in [6, 6.07) is -0.486. The zero-order valence-electron chi connectivity index (χ0n) is 8.33. The second kappa shape index (κ2) is 5.40. The number of nitrogens with two attached hydrogens (primary N) is 1. The minimum absolute atomic E-state index is 0.0318. The van der Waals surface area contributed by atoms with Crippen molar-refractivity contribution in [3.05, 3.63) is 0 Å². The highest BCUT2D eigenvalue weighted by Crippen LogP contribution is 1.87. The third-order valence-electron chi connectivity index (χ3n) is 1.48. The number of hydrogen-bond donors (Lipinski definition) is 2. The summed E-state index contributed by atoms with van der Waals surface area (Å²) in [6.07, 6.45) is 0. The van der Waals surface area contributed by atoms with E-state index in [1.165, 1.54) is 4.90 Å². The van der Waals surface area contributed by atoms with Crippen LogP contribution in [0.2, 0.25) is 0 Å². The Bertz CT molecular complexity index is 192. The Morgan fingerprint density at radius 1 is 1.46 bits per heavy atom. The molecule has 5 heteroatoms. The average Bonchev–Trinajstić information content (AvgIpc) is 1.98. The summed E-state index contributed by atoms with van der Waals surface area (Å²) in [7, 11) is 0. The van der Waals surface area contributed by atoms with Gasteiger partial charge in [-0.15, -0.1) is 0 Å². The Kier molecular flexibility index (Phi) is 4.87. The average molecular weight is 187 g/mol. The first kappa shape index (κ1) is 11.7. The summed E-state index contributed by atoms with van der Waals surface area (Å²) < 4.78 is 0. The van der Waals surface area contributed by atoms with Gasteiger partial charge < -0.3 is 16.0 Å². The van der Waals surface area contributed by atoms with Crippen LogP contribution in [0.5, 0.6) is 0 Å². The van der Waals surface area contributed by atoms with E-state index in [1.807, 2.05) is 13.8 Å². The predicted octanol–water partition coefficient (Wildman–Crippen LogP) is -0.0884. The molecule has 0 aliphatic rings. The third-order valence-corrected chi connectivity index (χ3v) is 1.48. The van der Waals surface area contributed by atoms with E-state index in [9.17, 15) is 9.59 Å². The van der Waals surface area contributed by atoms with Gasteiger partial charge in [0.25, 0.3) is 0 Å². The molecule has 0 radical (unpaired) electrons. The maximum atomic E-state index is 11.2. The van der Waals surface area contributed by atoms with Gasteiger partial charge in [-0.05, 0) is 20.8 Å². The molecular weight excluding hydrogens is 170 g/mol. The Labute approximate surface area is 78.3 Å². The number of hydrogen-bond acceptors (Lipinski definition) is 2. The lowest BCUT2D eigenvalue weighted by atomic mass is 10.4. The van der Waals surface area contributed by atoms with E-state index in [0.717, 1.165) is 0 Å². The van der Waals surface area contributed by atoms with Crippen LogP contribution in [0.15, 0.2) is 0 Å². The van der Waals surface area contributed by atoms with Crippen LogP contribution in [0.25, 0.3) is 0 Å². The summed E-state index contributed by atoms with van der Waals surface area (Å²) in [5.41, 5.74) is 5.03. The SMILES string of the molecule is CCN(CC(=O)NC(C)C)C(N)=O. The summed E-state index contributed by atoms with van der Waals surface area (Å²) in [6.45, 7) is 5.97. The second-order valence-corrected chi connectivity index (χ2v) is 3.07. The van der Waals surface area contributed by atoms with Gasteiger partial charge in [0.1, 0.15) is 6.54 Å². The minimum atomic E-state index is -0.568. The zero-order chi connectivity index (χ0) is 10.4. The predicted molar refractivity (Wildman–Crippen MR) is 50.1 cm³/mol. The van der Waals surface area contributed by atoms with E-state index in [2.05, 4.69) is 5.32 Å². The van der Waals surface area contributed by atoms with Crippen molar-refractivity contribution in [2.75, 3.05) is 13.1 Å². The largest absolute Gasteiger partial charge is 0.352 e. The summed E-state index contributed by atoms with van der Waals surface area (Å²) in [5.74, 6) is -0.185. The molecule has 0 heterocycles. The van der Waals surface area contributed by atoms with E-state index in [-0.39, 0.29) is 18.5 Å². The van der Waals surface area contributed by atoms with Crippen molar-refractivity contribution >= 4 is 11.9 Å². The highest BCUT2D eigenvalue weighted by Gasteiger charge is 2.12. The molecule has 0 unspecified atom stereocenters. The monoisotopic (exact) mass is 187 g/mol. The van der Waals surface area contributed by atoms with E-state index < -0.39 is 6.03 Å². The number of carbonyl (C=O) groups is 2. The molecule has 0 spiro atoms. The Hall–Kier alpha value is -1.26. The molecule has 5 nitrogen and oxygen atoms in total. The standard InChI is InChI=1S/C8H17N3O2/c1-4-11(8(9)13)5-7(12)10-6(2)3/h6H,4-5H2,1-3H3,(H2,9,13)(H,10,12). The molecule has 0 saturated carbocycles. The fourth-order valence-corrected chi connectivity index (χ4v) is 0.887. The quantitative estimate of drug-likeness (QED) is 0.645. The molecule has 3 N–H and O–H groups in total. The molecular formula is C8H17N3O2. The maximum absolute atomic E-state index is 11.2. The smallest absolute Gasteiger partial charge is 0.315 e. The van der Waals surface area contributed by atoms with Crippen molar-refractivity contribution in [3.63, 3.8) is 0 Å². The minimum Gasteiger partial charge on any atom is -0.352 e. The number of primary amides is 1. The molecule has 0 rings (SSSR count). The van der Waals surface area contributed by atoms with Crippen LogP contribution in [-0.2, 0) is 4.79 Å². The van der Waals surface area contributed by atoms with Crippen LogP contribution in [-0.4, -0.2) is 36.0 Å². The number of urea groups is 1. The molecule has 76 valence electrons. The number of amides is 3. The fourth-order valence-electron chi connectivity index (χ4n) is 0.887. The molecule has 0 aromatic rings. The Morgan fingerprint density at radius 3 is 2.31 bits per heavy atom. The zero-order valence-corrected chi connectivity index (χ0v) is 8.33. The van der Waals surface area contributed by atoms with Crippen LogP contribution < -0.4 is 11.1 Å². The van der Waals surface area contributed by atoms with Crippen LogP contribution >= 0.6 is 0 Å². The third kappa shape index (κ3) is 5.05. The highest BCUT2D eigenvalue weighted by atomic mass is 16.2. The summed E-state index contributed by atoms with van der Waals surface area (Å²) >= 11 is 0. The van der Waals surface area contributed by atoms with Gasteiger partial charge in [-0.3, -0.25) is 4.79 Å². The van der Waals surface area contributed by atoms with Crippen molar-refractivity contribution in [3.8, 4) is 0 Å². The molecule has 0 fully saturated rings. The van der Waals surface area contributed by atoms with Gasteiger partial charge in [-0.25, -0.2) is 4.79 Å². The van der Waals surface area contributed by atoms with Crippen molar-refractivity contribution in [2.24, 2.45) is 5.73 Å². The van der Waals surface area contributed by atoms with Gasteiger partial charge in [-0.1, -0.05) is 0 Å². The number of carbonyl (C=O) groups excluding carboxylic acids is 2. The first-order chi connectivity index (χ1) is 5.97. The van der Waals surface area contributed by atoms with Crippen molar-refractivity contribution in [2.45, 2.75) is 26.8 Å². The van der Waals surface area contributed by atoms with Crippen molar-refractivity contribution in [1.82, 2.24) is 10.2 Å². The van der Waals surface area contributed by atoms with Gasteiger partial charge in [0.15, 0.2) is 0 Å². The maximum Gasteiger partial charge on any atom is 0.315 e. The molecule has 0 aromatic heterocycles. The van der Waals surface area contributed by atoms with Crippen molar-refractivity contribution < 1.29 is 9.59 Å². The second-order valence-electron chi connectivity index (χ2n) is 3.07. The normalized spacial score (nSPS) is 9.85. The lowest BCUT2D eigenvalue weighted by Crippen LogP contribution is -2.44. The molecule has 0 bridgehead atoms. The van der Waals surface area contributed by atoms with Gasteiger partial charge >= 0.3 is 6.03 Å². The highest BCUT2D eigenvalue weighted by molar-refractivity contribution is 5.83. The first-order valence-corrected chi connectivity index (χ1v) is 4.31. The summed E-state index contributed by atoms with van der Waals surface area (Å²) in [5, 5.41) is 2.67. The molecule has 3 amide bonds. The van der Waals surface area contributed by atoms with Crippen molar-refractivity contribution in [1.29, 1.82) is 0 Å². The molecule has 0 aromatic carbocycles. The lowest BCUT2D eigenvalue weighted by molar-refractivity contribution is -0.122.